The van der Waals surface area contributed by atoms with Crippen LogP contribution >= 0.6 is 0 Å². The van der Waals surface area contributed by atoms with Gasteiger partial charge in [0.1, 0.15) is 0 Å². The molecule has 0 amide bonds. The van der Waals surface area contributed by atoms with Crippen molar-refractivity contribution in [2.45, 2.75) is 26.2 Å². The van der Waals surface area contributed by atoms with Crippen LogP contribution in [0.2, 0.25) is 0 Å². The summed E-state index contributed by atoms with van der Waals surface area (Å²) in [7, 11) is 0. The van der Waals surface area contributed by atoms with Gasteiger partial charge < -0.3 is 0 Å². The quantitative estimate of drug-likeness (QED) is 0.389. The summed E-state index contributed by atoms with van der Waals surface area (Å²) >= 11 is 0. The first-order valence-electron chi connectivity index (χ1n) is 5.71. The molecule has 1 rings (SSSR count). The maximum absolute atomic E-state index is 2.88. The number of hydrogen-bond donors (Lipinski definition) is 0. The van der Waals surface area contributed by atoms with Crippen molar-refractivity contribution < 1.29 is 0 Å². The summed E-state index contributed by atoms with van der Waals surface area (Å²) in [6, 6.07) is 10.6. The Morgan fingerprint density at radius 3 is 2.69 bits per heavy atom. The average Bonchev–Trinajstić information content (AvgIpc) is 2.34. The summed E-state index contributed by atoms with van der Waals surface area (Å²) in [5.74, 6) is 5.70. The molecule has 0 aliphatic heterocycles. The average molecular weight is 210 g/mol. The molecular formula is C16H18. The molecule has 0 spiro atoms. The third-order valence-corrected chi connectivity index (χ3v) is 2.25. The van der Waals surface area contributed by atoms with Gasteiger partial charge in [-0.15, -0.1) is 5.92 Å². The number of rotatable bonds is 5. The Kier molecular flexibility index (Phi) is 6.60. The molecule has 0 fully saturated rings. The zero-order valence-corrected chi connectivity index (χ0v) is 9.82. The summed E-state index contributed by atoms with van der Waals surface area (Å²) < 4.78 is 0. The van der Waals surface area contributed by atoms with Gasteiger partial charge in [0, 0.05) is 0 Å². The monoisotopic (exact) mass is 210 g/mol. The minimum atomic E-state index is 1.12. The van der Waals surface area contributed by atoms with Gasteiger partial charge >= 0.3 is 0 Å². The molecule has 0 saturated heterocycles. The van der Waals surface area contributed by atoms with Crippen LogP contribution < -0.4 is 0 Å². The number of aryl methyl sites for hydroxylation is 1. The largest absolute Gasteiger partial charge is 0.102 e. The summed E-state index contributed by atoms with van der Waals surface area (Å²) in [5.41, 5.74) is 1.42. The van der Waals surface area contributed by atoms with Crippen molar-refractivity contribution >= 4 is 0 Å². The first kappa shape index (κ1) is 12.3. The molecule has 0 unspecified atom stereocenters. The van der Waals surface area contributed by atoms with Crippen molar-refractivity contribution in [2.75, 3.05) is 0 Å². The smallest absolute Gasteiger partial charge is 0.00235 e. The third-order valence-electron chi connectivity index (χ3n) is 2.25. The molecule has 0 aliphatic rings. The molecule has 0 aromatic heterocycles. The zero-order valence-electron chi connectivity index (χ0n) is 9.82. The topological polar surface area (TPSA) is 0 Å². The second-order valence-electron chi connectivity index (χ2n) is 3.56. The predicted octanol–water partition coefficient (Wildman–Crippen LogP) is 4.15. The van der Waals surface area contributed by atoms with Gasteiger partial charge in [0.25, 0.3) is 0 Å². The van der Waals surface area contributed by atoms with E-state index in [1.165, 1.54) is 12.0 Å². The summed E-state index contributed by atoms with van der Waals surface area (Å²) in [6.07, 6.45) is 11.6. The highest BCUT2D eigenvalue weighted by Gasteiger charge is 1.88. The highest BCUT2D eigenvalue weighted by atomic mass is 13.9. The van der Waals surface area contributed by atoms with Crippen molar-refractivity contribution in [2.24, 2.45) is 0 Å². The van der Waals surface area contributed by atoms with Gasteiger partial charge in [-0.2, -0.15) is 0 Å². The van der Waals surface area contributed by atoms with Gasteiger partial charge in [-0.25, -0.2) is 0 Å². The molecule has 0 radical (unpaired) electrons. The lowest BCUT2D eigenvalue weighted by Crippen LogP contribution is -1.82. The molecule has 16 heavy (non-hydrogen) atoms. The van der Waals surface area contributed by atoms with E-state index in [2.05, 4.69) is 54.3 Å². The van der Waals surface area contributed by atoms with Crippen molar-refractivity contribution in [3.63, 3.8) is 0 Å². The molecular weight excluding hydrogens is 192 g/mol. The lowest BCUT2D eigenvalue weighted by molar-refractivity contribution is 0.843. The van der Waals surface area contributed by atoms with E-state index in [-0.39, 0.29) is 0 Å². The van der Waals surface area contributed by atoms with Crippen molar-refractivity contribution in [3.05, 3.63) is 60.2 Å². The van der Waals surface area contributed by atoms with Crippen molar-refractivity contribution in [3.8, 4) is 11.8 Å². The highest BCUT2D eigenvalue weighted by Crippen LogP contribution is 2.04. The van der Waals surface area contributed by atoms with Crippen LogP contribution in [0.3, 0.4) is 0 Å². The van der Waals surface area contributed by atoms with E-state index in [9.17, 15) is 0 Å². The van der Waals surface area contributed by atoms with Gasteiger partial charge in [-0.3, -0.25) is 0 Å². The van der Waals surface area contributed by atoms with Crippen LogP contribution in [0.4, 0.5) is 0 Å². The van der Waals surface area contributed by atoms with E-state index >= 15 is 0 Å². The van der Waals surface area contributed by atoms with Crippen molar-refractivity contribution in [1.29, 1.82) is 0 Å². The Balaban J connectivity index is 2.14. The Morgan fingerprint density at radius 1 is 1.12 bits per heavy atom. The fourth-order valence-electron chi connectivity index (χ4n) is 1.43. The van der Waals surface area contributed by atoms with Crippen LogP contribution in [0.1, 0.15) is 25.3 Å². The zero-order chi connectivity index (χ0) is 11.5. The number of benzene rings is 1. The van der Waals surface area contributed by atoms with Gasteiger partial charge in [-0.05, 0) is 37.8 Å². The maximum Gasteiger partial charge on any atom is -0.00235 e. The molecule has 0 atom stereocenters. The number of hydrogen-bond acceptors (Lipinski definition) is 0. The third kappa shape index (κ3) is 5.88. The summed E-state index contributed by atoms with van der Waals surface area (Å²) in [6.45, 7) is 1.84. The SMILES string of the molecule is CC#CC=CC=CCCCc1ccccc1. The van der Waals surface area contributed by atoms with Gasteiger partial charge in [-0.1, -0.05) is 54.5 Å². The van der Waals surface area contributed by atoms with Crippen LogP contribution in [0.5, 0.6) is 0 Å². The van der Waals surface area contributed by atoms with E-state index in [0.717, 1.165) is 12.8 Å². The van der Waals surface area contributed by atoms with Crippen molar-refractivity contribution in [1.82, 2.24) is 0 Å². The Hall–Kier alpha value is -1.74. The fourth-order valence-corrected chi connectivity index (χ4v) is 1.43. The lowest BCUT2D eigenvalue weighted by Gasteiger charge is -1.97. The summed E-state index contributed by atoms with van der Waals surface area (Å²) in [4.78, 5) is 0. The van der Waals surface area contributed by atoms with E-state index in [0.29, 0.717) is 0 Å². The molecule has 0 N–H and O–H groups in total. The summed E-state index contributed by atoms with van der Waals surface area (Å²) in [5, 5.41) is 0. The number of allylic oxidation sites excluding steroid dienone is 4. The standard InChI is InChI=1S/C16H18/c1-2-3-4-5-6-7-8-10-13-16-14-11-9-12-15-16/h4-7,9,11-12,14-15H,8,10,13H2,1H3. The van der Waals surface area contributed by atoms with Crippen LogP contribution in [0.15, 0.2) is 54.6 Å². The number of unbranched alkanes of at least 4 members (excludes halogenated alkanes) is 1. The lowest BCUT2D eigenvalue weighted by atomic mass is 10.1. The van der Waals surface area contributed by atoms with E-state index < -0.39 is 0 Å². The maximum atomic E-state index is 2.88. The molecule has 0 heteroatoms. The van der Waals surface area contributed by atoms with E-state index in [1.807, 2.05) is 19.1 Å². The first-order valence-corrected chi connectivity index (χ1v) is 5.71. The minimum Gasteiger partial charge on any atom is -0.102 e. The van der Waals surface area contributed by atoms with Crippen LogP contribution in [0.25, 0.3) is 0 Å². The normalized spacial score (nSPS) is 10.6. The molecule has 1 aromatic rings. The Labute approximate surface area is 98.7 Å². The van der Waals surface area contributed by atoms with Gasteiger partial charge in [0.2, 0.25) is 0 Å². The Morgan fingerprint density at radius 2 is 1.94 bits per heavy atom. The molecule has 0 heterocycles. The predicted molar refractivity (Wildman–Crippen MR) is 71.1 cm³/mol. The first-order chi connectivity index (χ1) is 7.93. The van der Waals surface area contributed by atoms with Crippen LogP contribution in [-0.2, 0) is 6.42 Å². The van der Waals surface area contributed by atoms with Gasteiger partial charge in [0.15, 0.2) is 0 Å². The molecule has 0 bridgehead atoms. The highest BCUT2D eigenvalue weighted by molar-refractivity contribution is 5.18. The van der Waals surface area contributed by atoms with Crippen LogP contribution in [-0.4, -0.2) is 0 Å². The molecule has 0 nitrogen and oxygen atoms in total. The second-order valence-corrected chi connectivity index (χ2v) is 3.56. The fraction of sp³-hybridized carbons (Fsp3) is 0.250. The molecule has 82 valence electrons. The van der Waals surface area contributed by atoms with E-state index in [1.54, 1.807) is 0 Å². The van der Waals surface area contributed by atoms with Gasteiger partial charge in [0.05, 0.1) is 0 Å². The molecule has 1 aromatic carbocycles. The second kappa shape index (κ2) is 8.56. The molecule has 0 aliphatic carbocycles. The molecule has 0 saturated carbocycles. The van der Waals surface area contributed by atoms with E-state index in [4.69, 9.17) is 0 Å². The Bertz CT molecular complexity index is 385. The minimum absolute atomic E-state index is 1.12. The van der Waals surface area contributed by atoms with Crippen LogP contribution in [0, 0.1) is 11.8 Å².